The van der Waals surface area contributed by atoms with Crippen LogP contribution in [0.4, 0.5) is 0 Å². The first-order chi connectivity index (χ1) is 10.1. The molecule has 2 rings (SSSR count). The highest BCUT2D eigenvalue weighted by Gasteiger charge is 2.16. The van der Waals surface area contributed by atoms with Crippen molar-refractivity contribution < 1.29 is 9.53 Å². The average Bonchev–Trinajstić information content (AvgIpc) is 2.48. The highest BCUT2D eigenvalue weighted by molar-refractivity contribution is 5.76. The molecule has 0 radical (unpaired) electrons. The summed E-state index contributed by atoms with van der Waals surface area (Å²) >= 11 is 0. The van der Waals surface area contributed by atoms with Crippen LogP contribution < -0.4 is 10.1 Å². The second-order valence-corrected chi connectivity index (χ2v) is 5.93. The van der Waals surface area contributed by atoms with E-state index in [0.29, 0.717) is 18.9 Å². The second-order valence-electron chi connectivity index (χ2n) is 5.93. The lowest BCUT2D eigenvalue weighted by Crippen LogP contribution is -2.46. The number of amides is 1. The Kier molecular flexibility index (Phi) is 5.62. The number of carbonyl (C=O) groups excluding carboxylic acids is 1. The fraction of sp³-hybridized carbons (Fsp3) is 0.588. The fourth-order valence-corrected chi connectivity index (χ4v) is 2.56. The number of aryl methyl sites for hydroxylation is 1. The topological polar surface area (TPSA) is 41.6 Å². The van der Waals surface area contributed by atoms with Crippen LogP contribution in [0.25, 0.3) is 0 Å². The molecule has 1 heterocycles. The van der Waals surface area contributed by atoms with E-state index in [1.54, 1.807) is 0 Å². The quantitative estimate of drug-likeness (QED) is 0.905. The number of carbonyl (C=O) groups is 1. The maximum atomic E-state index is 12.1. The van der Waals surface area contributed by atoms with E-state index >= 15 is 0 Å². The summed E-state index contributed by atoms with van der Waals surface area (Å²) in [6.45, 7) is 10.2. The maximum absolute atomic E-state index is 12.1. The van der Waals surface area contributed by atoms with Gasteiger partial charge in [0.15, 0.2) is 0 Å². The third kappa shape index (κ3) is 4.46. The van der Waals surface area contributed by atoms with Crippen molar-refractivity contribution in [2.45, 2.75) is 33.1 Å². The van der Waals surface area contributed by atoms with Gasteiger partial charge in [-0.25, -0.2) is 0 Å². The number of rotatable bonds is 5. The molecule has 4 heteroatoms. The monoisotopic (exact) mass is 290 g/mol. The van der Waals surface area contributed by atoms with E-state index in [4.69, 9.17) is 4.74 Å². The lowest BCUT2D eigenvalue weighted by Gasteiger charge is -2.27. The van der Waals surface area contributed by atoms with E-state index in [9.17, 15) is 4.79 Å². The van der Waals surface area contributed by atoms with Crippen molar-refractivity contribution in [2.75, 3.05) is 32.8 Å². The molecule has 0 unspecified atom stereocenters. The van der Waals surface area contributed by atoms with Gasteiger partial charge in [-0.1, -0.05) is 26.0 Å². The highest BCUT2D eigenvalue weighted by Crippen LogP contribution is 2.27. The van der Waals surface area contributed by atoms with Gasteiger partial charge in [-0.2, -0.15) is 0 Å². The van der Waals surface area contributed by atoms with E-state index in [0.717, 1.165) is 31.9 Å². The number of benzene rings is 1. The van der Waals surface area contributed by atoms with Gasteiger partial charge in [0.2, 0.25) is 5.91 Å². The van der Waals surface area contributed by atoms with Gasteiger partial charge in [-0.15, -0.1) is 0 Å². The maximum Gasteiger partial charge on any atom is 0.226 e. The minimum atomic E-state index is 0.190. The lowest BCUT2D eigenvalue weighted by molar-refractivity contribution is -0.132. The van der Waals surface area contributed by atoms with Gasteiger partial charge in [-0.3, -0.25) is 4.79 Å². The van der Waals surface area contributed by atoms with Gasteiger partial charge < -0.3 is 15.0 Å². The lowest BCUT2D eigenvalue weighted by atomic mass is 10.0. The smallest absolute Gasteiger partial charge is 0.226 e. The Labute approximate surface area is 127 Å². The van der Waals surface area contributed by atoms with E-state index in [1.807, 2.05) is 4.90 Å². The van der Waals surface area contributed by atoms with Crippen LogP contribution in [0.3, 0.4) is 0 Å². The van der Waals surface area contributed by atoms with Crippen LogP contribution in [0.1, 0.15) is 37.3 Å². The van der Waals surface area contributed by atoms with Crippen LogP contribution in [0, 0.1) is 6.92 Å². The Morgan fingerprint density at radius 3 is 2.71 bits per heavy atom. The molecule has 1 aromatic rings. The molecule has 0 bridgehead atoms. The van der Waals surface area contributed by atoms with Crippen LogP contribution in [0.2, 0.25) is 0 Å². The summed E-state index contributed by atoms with van der Waals surface area (Å²) in [5.74, 6) is 1.53. The Balaban J connectivity index is 1.88. The van der Waals surface area contributed by atoms with Crippen LogP contribution in [0.15, 0.2) is 18.2 Å². The largest absolute Gasteiger partial charge is 0.493 e. The molecular weight excluding hydrogens is 264 g/mol. The van der Waals surface area contributed by atoms with Crippen LogP contribution in [-0.4, -0.2) is 43.6 Å². The van der Waals surface area contributed by atoms with Gasteiger partial charge in [0.1, 0.15) is 5.75 Å². The van der Waals surface area contributed by atoms with Crippen LogP contribution >= 0.6 is 0 Å². The molecule has 116 valence electrons. The van der Waals surface area contributed by atoms with Crippen LogP contribution in [0.5, 0.6) is 5.75 Å². The molecule has 1 aliphatic heterocycles. The Hall–Kier alpha value is -1.55. The molecule has 1 N–H and O–H groups in total. The van der Waals surface area contributed by atoms with Crippen molar-refractivity contribution in [3.8, 4) is 5.75 Å². The zero-order valence-electron chi connectivity index (χ0n) is 13.3. The van der Waals surface area contributed by atoms with E-state index in [2.05, 4.69) is 44.3 Å². The van der Waals surface area contributed by atoms with E-state index in [-0.39, 0.29) is 5.91 Å². The zero-order valence-corrected chi connectivity index (χ0v) is 13.3. The minimum absolute atomic E-state index is 0.190. The second kappa shape index (κ2) is 7.46. The summed E-state index contributed by atoms with van der Waals surface area (Å²) in [5.41, 5.74) is 2.39. The first-order valence-corrected chi connectivity index (χ1v) is 7.80. The summed E-state index contributed by atoms with van der Waals surface area (Å²) in [6.07, 6.45) is 0.450. The number of nitrogens with zero attached hydrogens (tertiary/aromatic N) is 1. The van der Waals surface area contributed by atoms with Crippen molar-refractivity contribution in [1.29, 1.82) is 0 Å². The minimum Gasteiger partial charge on any atom is -0.493 e. The fourth-order valence-electron chi connectivity index (χ4n) is 2.56. The Bertz CT molecular complexity index is 480. The van der Waals surface area contributed by atoms with Crippen molar-refractivity contribution in [1.82, 2.24) is 10.2 Å². The third-order valence-corrected chi connectivity index (χ3v) is 3.83. The SMILES string of the molecule is Cc1ccc(C(C)C)c(OCCC(=O)N2CCNCC2)c1. The molecule has 0 aromatic heterocycles. The molecule has 0 spiro atoms. The Morgan fingerprint density at radius 1 is 1.33 bits per heavy atom. The highest BCUT2D eigenvalue weighted by atomic mass is 16.5. The van der Waals surface area contributed by atoms with Gasteiger partial charge in [0.05, 0.1) is 13.0 Å². The molecular formula is C17H26N2O2. The standard InChI is InChI=1S/C17H26N2O2/c1-13(2)15-5-4-14(3)12-16(15)21-11-6-17(20)19-9-7-18-8-10-19/h4-5,12-13,18H,6-11H2,1-3H3. The number of piperazine rings is 1. The molecule has 1 saturated heterocycles. The normalized spacial score (nSPS) is 15.3. The molecule has 4 nitrogen and oxygen atoms in total. The van der Waals surface area contributed by atoms with Gasteiger partial charge in [-0.05, 0) is 30.0 Å². The predicted octanol–water partition coefficient (Wildman–Crippen LogP) is 2.32. The molecule has 21 heavy (non-hydrogen) atoms. The summed E-state index contributed by atoms with van der Waals surface area (Å²) in [4.78, 5) is 14.0. The number of ether oxygens (including phenoxy) is 1. The van der Waals surface area contributed by atoms with Crippen molar-refractivity contribution in [3.05, 3.63) is 29.3 Å². The molecule has 1 amide bonds. The molecule has 0 aliphatic carbocycles. The molecule has 0 atom stereocenters. The number of hydrogen-bond donors (Lipinski definition) is 1. The van der Waals surface area contributed by atoms with Gasteiger partial charge in [0.25, 0.3) is 0 Å². The van der Waals surface area contributed by atoms with Crippen LogP contribution in [-0.2, 0) is 4.79 Å². The Morgan fingerprint density at radius 2 is 2.05 bits per heavy atom. The number of hydrogen-bond acceptors (Lipinski definition) is 3. The van der Waals surface area contributed by atoms with E-state index in [1.165, 1.54) is 11.1 Å². The summed E-state index contributed by atoms with van der Waals surface area (Å²) < 4.78 is 5.88. The van der Waals surface area contributed by atoms with Gasteiger partial charge in [0, 0.05) is 26.2 Å². The first kappa shape index (κ1) is 15.8. The summed E-state index contributed by atoms with van der Waals surface area (Å²) in [7, 11) is 0. The van der Waals surface area contributed by atoms with Crippen molar-refractivity contribution in [3.63, 3.8) is 0 Å². The molecule has 0 saturated carbocycles. The van der Waals surface area contributed by atoms with E-state index < -0.39 is 0 Å². The van der Waals surface area contributed by atoms with Gasteiger partial charge >= 0.3 is 0 Å². The third-order valence-electron chi connectivity index (χ3n) is 3.83. The first-order valence-electron chi connectivity index (χ1n) is 7.80. The van der Waals surface area contributed by atoms with Crippen molar-refractivity contribution in [2.24, 2.45) is 0 Å². The molecule has 1 aliphatic rings. The summed E-state index contributed by atoms with van der Waals surface area (Å²) in [6, 6.07) is 6.28. The van der Waals surface area contributed by atoms with Crippen molar-refractivity contribution >= 4 is 5.91 Å². The average molecular weight is 290 g/mol. The number of nitrogens with one attached hydrogen (secondary N) is 1. The zero-order chi connectivity index (χ0) is 15.2. The molecule has 1 fully saturated rings. The molecule has 1 aromatic carbocycles. The predicted molar refractivity (Wildman–Crippen MR) is 84.8 cm³/mol. The summed E-state index contributed by atoms with van der Waals surface area (Å²) in [5, 5.41) is 3.25.